The maximum atomic E-state index is 10.3. The van der Waals surface area contributed by atoms with E-state index in [0.29, 0.717) is 0 Å². The van der Waals surface area contributed by atoms with Gasteiger partial charge in [0.2, 0.25) is 0 Å². The zero-order valence-electron chi connectivity index (χ0n) is 13.0. The molecule has 2 aliphatic rings. The van der Waals surface area contributed by atoms with Gasteiger partial charge in [-0.3, -0.25) is 0 Å². The highest BCUT2D eigenvalue weighted by molar-refractivity contribution is 8.00. The molecule has 0 aromatic heterocycles. The van der Waals surface area contributed by atoms with E-state index in [2.05, 4.69) is 0 Å². The Balaban J connectivity index is 2.12. The third-order valence-corrected chi connectivity index (χ3v) is 5.67. The molecule has 0 spiro atoms. The summed E-state index contributed by atoms with van der Waals surface area (Å²) in [6.07, 6.45) is -10.4. The van der Waals surface area contributed by atoms with Gasteiger partial charge >= 0.3 is 0 Å². The fourth-order valence-corrected chi connectivity index (χ4v) is 4.19. The van der Waals surface area contributed by atoms with Gasteiger partial charge in [0.25, 0.3) is 0 Å². The summed E-state index contributed by atoms with van der Waals surface area (Å²) in [4.78, 5) is 0. The lowest BCUT2D eigenvalue weighted by atomic mass is 10.0. The van der Waals surface area contributed by atoms with Crippen LogP contribution in [-0.4, -0.2) is 116 Å². The van der Waals surface area contributed by atoms with Crippen LogP contribution in [0.4, 0.5) is 0 Å². The van der Waals surface area contributed by atoms with Crippen molar-refractivity contribution >= 4 is 11.8 Å². The van der Waals surface area contributed by atoms with Crippen LogP contribution in [-0.2, 0) is 14.2 Å². The average Bonchev–Trinajstić information content (AvgIpc) is 2.59. The summed E-state index contributed by atoms with van der Waals surface area (Å²) in [6, 6.07) is 0. The minimum absolute atomic E-state index is 0.518. The Bertz CT molecular complexity index is 397. The predicted molar refractivity (Wildman–Crippen MR) is 79.9 cm³/mol. The molecule has 0 aliphatic carbocycles. The molecule has 2 aliphatic heterocycles. The van der Waals surface area contributed by atoms with Crippen LogP contribution < -0.4 is 0 Å². The second-order valence-corrected chi connectivity index (χ2v) is 7.02. The molecule has 0 saturated carbocycles. The van der Waals surface area contributed by atoms with E-state index in [4.69, 9.17) is 19.3 Å². The monoisotopic (exact) mass is 372 g/mol. The van der Waals surface area contributed by atoms with Gasteiger partial charge in [0.15, 0.2) is 6.29 Å². The Hall–Kier alpha value is -0.0500. The van der Waals surface area contributed by atoms with Crippen LogP contribution in [0.1, 0.15) is 0 Å². The van der Waals surface area contributed by atoms with Crippen LogP contribution in [0.3, 0.4) is 0 Å². The molecule has 0 aromatic carbocycles. The second kappa shape index (κ2) is 8.56. The Kier molecular flexibility index (Phi) is 7.22. The smallest absolute Gasteiger partial charge is 0.172 e. The fourth-order valence-electron chi connectivity index (χ4n) is 2.73. The number of aliphatic hydroxyl groups is 7. The number of ether oxygens (including phenoxy) is 3. The van der Waals surface area contributed by atoms with E-state index in [1.165, 1.54) is 7.11 Å². The van der Waals surface area contributed by atoms with Crippen molar-refractivity contribution in [3.8, 4) is 0 Å². The largest absolute Gasteiger partial charge is 0.394 e. The zero-order chi connectivity index (χ0) is 18.0. The number of hydrogen-bond acceptors (Lipinski definition) is 11. The van der Waals surface area contributed by atoms with Crippen molar-refractivity contribution in [2.24, 2.45) is 0 Å². The quantitative estimate of drug-likeness (QED) is 0.251. The summed E-state index contributed by atoms with van der Waals surface area (Å²) in [5.74, 6) is 0. The van der Waals surface area contributed by atoms with E-state index < -0.39 is 72.9 Å². The first-order chi connectivity index (χ1) is 11.3. The topological polar surface area (TPSA) is 169 Å². The molecule has 0 aromatic rings. The molecule has 142 valence electrons. The lowest BCUT2D eigenvalue weighted by Crippen LogP contribution is -2.61. The normalized spacial score (nSPS) is 50.0. The van der Waals surface area contributed by atoms with E-state index in [1.54, 1.807) is 0 Å². The lowest BCUT2D eigenvalue weighted by Gasteiger charge is -2.45. The van der Waals surface area contributed by atoms with Crippen LogP contribution in [0, 0.1) is 0 Å². The average molecular weight is 372 g/mol. The molecular formula is C13H24O10S. The van der Waals surface area contributed by atoms with Crippen molar-refractivity contribution < 1.29 is 50.0 Å². The van der Waals surface area contributed by atoms with Crippen LogP contribution in [0.5, 0.6) is 0 Å². The van der Waals surface area contributed by atoms with Crippen molar-refractivity contribution in [3.05, 3.63) is 0 Å². The molecule has 2 fully saturated rings. The Morgan fingerprint density at radius 3 is 1.88 bits per heavy atom. The number of aliphatic hydroxyl groups excluding tert-OH is 7. The highest BCUT2D eigenvalue weighted by Gasteiger charge is 2.50. The van der Waals surface area contributed by atoms with Gasteiger partial charge in [0.05, 0.1) is 24.6 Å². The standard InChI is InChI=1S/C13H24O10S/c1-21-12-11(9(19)7(17)4(2-14)22-12)24-13-10(20)8(18)6(16)5(3-15)23-13/h4-20H,2-3H2,1H3/t4-,5-,6-,7-,8+,9+,10+,11+,12+,13-/m1/s1. The van der Waals surface area contributed by atoms with Crippen LogP contribution >= 0.6 is 11.8 Å². The van der Waals surface area contributed by atoms with Gasteiger partial charge in [0, 0.05) is 7.11 Å². The van der Waals surface area contributed by atoms with Gasteiger partial charge in [-0.1, -0.05) is 0 Å². The lowest BCUT2D eigenvalue weighted by molar-refractivity contribution is -0.245. The van der Waals surface area contributed by atoms with E-state index in [9.17, 15) is 30.6 Å². The number of methoxy groups -OCH3 is 1. The molecule has 10 nitrogen and oxygen atoms in total. The molecule has 2 heterocycles. The van der Waals surface area contributed by atoms with Crippen LogP contribution in [0.15, 0.2) is 0 Å². The van der Waals surface area contributed by atoms with Crippen molar-refractivity contribution in [1.29, 1.82) is 0 Å². The Labute approximate surface area is 142 Å². The van der Waals surface area contributed by atoms with Crippen molar-refractivity contribution in [1.82, 2.24) is 0 Å². The van der Waals surface area contributed by atoms with Gasteiger partial charge in [-0.25, -0.2) is 0 Å². The van der Waals surface area contributed by atoms with Crippen molar-refractivity contribution in [3.63, 3.8) is 0 Å². The van der Waals surface area contributed by atoms with Crippen LogP contribution in [0.25, 0.3) is 0 Å². The number of hydrogen-bond donors (Lipinski definition) is 7. The van der Waals surface area contributed by atoms with Crippen molar-refractivity contribution in [2.45, 2.75) is 59.7 Å². The number of thioether (sulfide) groups is 1. The maximum Gasteiger partial charge on any atom is 0.172 e. The molecule has 10 atom stereocenters. The maximum absolute atomic E-state index is 10.3. The van der Waals surface area contributed by atoms with E-state index in [0.717, 1.165) is 11.8 Å². The SMILES string of the molecule is CO[C@H]1O[C@H](CO)[C@@H](O)[C@H](O)[C@@H]1S[C@H]1O[C@H](CO)[C@@H](O)[C@H](O)[C@@H]1O. The van der Waals surface area contributed by atoms with Gasteiger partial charge < -0.3 is 50.0 Å². The molecule has 0 amide bonds. The Morgan fingerprint density at radius 2 is 1.33 bits per heavy atom. The van der Waals surface area contributed by atoms with Gasteiger partial charge in [0.1, 0.15) is 42.1 Å². The fraction of sp³-hybridized carbons (Fsp3) is 1.00. The van der Waals surface area contributed by atoms with Gasteiger partial charge in [-0.05, 0) is 0 Å². The summed E-state index contributed by atoms with van der Waals surface area (Å²) < 4.78 is 15.8. The minimum Gasteiger partial charge on any atom is -0.394 e. The first kappa shape index (κ1) is 20.3. The second-order valence-electron chi connectivity index (χ2n) is 5.74. The molecule has 24 heavy (non-hydrogen) atoms. The highest BCUT2D eigenvalue weighted by Crippen LogP contribution is 2.37. The summed E-state index contributed by atoms with van der Waals surface area (Å²) in [6.45, 7) is -1.09. The Morgan fingerprint density at radius 1 is 0.792 bits per heavy atom. The summed E-state index contributed by atoms with van der Waals surface area (Å²) in [5.41, 5.74) is -1.11. The van der Waals surface area contributed by atoms with E-state index in [-0.39, 0.29) is 0 Å². The molecule has 7 N–H and O–H groups in total. The minimum atomic E-state index is -1.55. The van der Waals surface area contributed by atoms with Gasteiger partial charge in [-0.15, -0.1) is 11.8 Å². The molecule has 11 heteroatoms. The summed E-state index contributed by atoms with van der Waals surface area (Å²) in [5, 5.41) is 67.3. The molecular weight excluding hydrogens is 348 g/mol. The summed E-state index contributed by atoms with van der Waals surface area (Å²) in [7, 11) is 1.31. The number of rotatable bonds is 5. The molecule has 0 unspecified atom stereocenters. The van der Waals surface area contributed by atoms with Crippen LogP contribution in [0.2, 0.25) is 0 Å². The third-order valence-electron chi connectivity index (χ3n) is 4.20. The summed E-state index contributed by atoms with van der Waals surface area (Å²) >= 11 is 0.835. The highest BCUT2D eigenvalue weighted by atomic mass is 32.2. The first-order valence-electron chi connectivity index (χ1n) is 7.46. The van der Waals surface area contributed by atoms with E-state index >= 15 is 0 Å². The molecule has 0 bridgehead atoms. The first-order valence-corrected chi connectivity index (χ1v) is 8.41. The zero-order valence-corrected chi connectivity index (χ0v) is 13.8. The molecule has 2 saturated heterocycles. The van der Waals surface area contributed by atoms with Gasteiger partial charge in [-0.2, -0.15) is 0 Å². The third kappa shape index (κ3) is 3.86. The van der Waals surface area contributed by atoms with E-state index in [1.807, 2.05) is 0 Å². The predicted octanol–water partition coefficient (Wildman–Crippen LogP) is -4.03. The molecule has 0 radical (unpaired) electrons. The van der Waals surface area contributed by atoms with Crippen molar-refractivity contribution in [2.75, 3.05) is 20.3 Å². The molecule has 2 rings (SSSR count).